The van der Waals surface area contributed by atoms with E-state index in [1.165, 1.54) is 6.07 Å². The number of carbonyl (C=O) groups is 2. The molecular weight excluding hydrogens is 291 g/mol. The maximum Gasteiger partial charge on any atom is 0.173 e. The number of thiophene rings is 1. The first kappa shape index (κ1) is 13.3. The molecule has 0 fully saturated rings. The topological polar surface area (TPSA) is 34.1 Å². The molecular formula is C13H8Cl2O2S. The number of Topliss-reactive ketones (excluding diaryl/α,β-unsaturated/α-hetero) is 2. The predicted molar refractivity (Wildman–Crippen MR) is 74.1 cm³/mol. The van der Waals surface area contributed by atoms with Gasteiger partial charge in [0, 0.05) is 11.1 Å². The van der Waals surface area contributed by atoms with Crippen molar-refractivity contribution >= 4 is 46.1 Å². The van der Waals surface area contributed by atoms with Crippen LogP contribution in [0.2, 0.25) is 8.67 Å². The molecule has 0 aliphatic carbocycles. The van der Waals surface area contributed by atoms with Gasteiger partial charge in [-0.1, -0.05) is 53.5 Å². The first-order valence-electron chi connectivity index (χ1n) is 5.14. The number of carbonyl (C=O) groups excluding carboxylic acids is 2. The Balaban J connectivity index is 2.13. The molecule has 2 nitrogen and oxygen atoms in total. The molecule has 2 aromatic rings. The Morgan fingerprint density at radius 2 is 1.72 bits per heavy atom. The van der Waals surface area contributed by atoms with Crippen LogP contribution in [0.3, 0.4) is 0 Å². The van der Waals surface area contributed by atoms with Gasteiger partial charge < -0.3 is 0 Å². The van der Waals surface area contributed by atoms with Gasteiger partial charge in [-0.05, 0) is 6.07 Å². The molecule has 0 aliphatic heterocycles. The second-order valence-electron chi connectivity index (χ2n) is 3.63. The van der Waals surface area contributed by atoms with Crippen molar-refractivity contribution in [1.82, 2.24) is 0 Å². The number of hydrogen-bond acceptors (Lipinski definition) is 3. The summed E-state index contributed by atoms with van der Waals surface area (Å²) in [6.07, 6.45) is -0.198. The van der Waals surface area contributed by atoms with Crippen LogP contribution in [-0.4, -0.2) is 11.6 Å². The molecule has 1 aromatic heterocycles. The summed E-state index contributed by atoms with van der Waals surface area (Å²) in [5, 5.41) is 0. The number of benzene rings is 1. The van der Waals surface area contributed by atoms with Gasteiger partial charge in [-0.15, -0.1) is 11.3 Å². The minimum absolute atomic E-state index is 0.198. The largest absolute Gasteiger partial charge is 0.294 e. The molecule has 0 unspecified atom stereocenters. The van der Waals surface area contributed by atoms with Crippen molar-refractivity contribution in [3.8, 4) is 0 Å². The van der Waals surface area contributed by atoms with E-state index in [2.05, 4.69) is 0 Å². The standard InChI is InChI=1S/C13H8Cl2O2S/c14-12-6-9(13(15)18-12)11(17)7-10(16)8-4-2-1-3-5-8/h1-6H,7H2. The van der Waals surface area contributed by atoms with Crippen molar-refractivity contribution in [3.63, 3.8) is 0 Å². The first-order valence-corrected chi connectivity index (χ1v) is 6.71. The molecule has 0 aliphatic rings. The lowest BCUT2D eigenvalue weighted by Crippen LogP contribution is -2.08. The van der Waals surface area contributed by atoms with Crippen molar-refractivity contribution in [2.75, 3.05) is 0 Å². The van der Waals surface area contributed by atoms with E-state index in [0.717, 1.165) is 11.3 Å². The van der Waals surface area contributed by atoms with Crippen LogP contribution < -0.4 is 0 Å². The molecule has 92 valence electrons. The smallest absolute Gasteiger partial charge is 0.173 e. The van der Waals surface area contributed by atoms with Gasteiger partial charge in [0.2, 0.25) is 0 Å². The third kappa shape index (κ3) is 2.99. The summed E-state index contributed by atoms with van der Waals surface area (Å²) in [6, 6.07) is 10.2. The summed E-state index contributed by atoms with van der Waals surface area (Å²) in [4.78, 5) is 23.8. The van der Waals surface area contributed by atoms with Gasteiger partial charge in [0.05, 0.1) is 10.8 Å². The maximum absolute atomic E-state index is 11.9. The van der Waals surface area contributed by atoms with Crippen LogP contribution >= 0.6 is 34.5 Å². The monoisotopic (exact) mass is 298 g/mol. The number of rotatable bonds is 4. The second-order valence-corrected chi connectivity index (χ2v) is 5.91. The van der Waals surface area contributed by atoms with E-state index in [1.807, 2.05) is 6.07 Å². The molecule has 18 heavy (non-hydrogen) atoms. The maximum atomic E-state index is 11.9. The normalized spacial score (nSPS) is 10.3. The molecule has 0 atom stereocenters. The molecule has 0 saturated carbocycles. The zero-order chi connectivity index (χ0) is 13.1. The minimum atomic E-state index is -0.308. The Morgan fingerprint density at radius 1 is 1.06 bits per heavy atom. The fourth-order valence-electron chi connectivity index (χ4n) is 1.50. The van der Waals surface area contributed by atoms with Gasteiger partial charge in [-0.3, -0.25) is 9.59 Å². The molecule has 0 N–H and O–H groups in total. The summed E-state index contributed by atoms with van der Waals surface area (Å²) in [6.45, 7) is 0. The number of halogens is 2. The quantitative estimate of drug-likeness (QED) is 0.615. The van der Waals surface area contributed by atoms with E-state index in [0.29, 0.717) is 19.8 Å². The summed E-state index contributed by atoms with van der Waals surface area (Å²) in [5.74, 6) is -0.531. The van der Waals surface area contributed by atoms with Crippen molar-refractivity contribution in [2.24, 2.45) is 0 Å². The van der Waals surface area contributed by atoms with Gasteiger partial charge in [-0.2, -0.15) is 0 Å². The Morgan fingerprint density at radius 3 is 2.28 bits per heavy atom. The van der Waals surface area contributed by atoms with Crippen LogP contribution in [0.4, 0.5) is 0 Å². The molecule has 0 bridgehead atoms. The Labute approximate surface area is 118 Å². The van der Waals surface area contributed by atoms with Gasteiger partial charge in [0.15, 0.2) is 11.6 Å². The average Bonchev–Trinajstić information content (AvgIpc) is 2.69. The summed E-state index contributed by atoms with van der Waals surface area (Å²) < 4.78 is 0.765. The average molecular weight is 299 g/mol. The zero-order valence-corrected chi connectivity index (χ0v) is 11.5. The van der Waals surface area contributed by atoms with E-state index in [-0.39, 0.29) is 18.0 Å². The van der Waals surface area contributed by atoms with Crippen molar-refractivity contribution in [3.05, 3.63) is 56.2 Å². The van der Waals surface area contributed by atoms with Crippen molar-refractivity contribution in [1.29, 1.82) is 0 Å². The van der Waals surface area contributed by atoms with E-state index in [1.54, 1.807) is 24.3 Å². The molecule has 1 heterocycles. The third-order valence-electron chi connectivity index (χ3n) is 2.37. The Bertz CT molecular complexity index is 590. The summed E-state index contributed by atoms with van der Waals surface area (Å²) in [7, 11) is 0. The fraction of sp³-hybridized carbons (Fsp3) is 0.0769. The first-order chi connectivity index (χ1) is 8.58. The molecule has 0 radical (unpaired) electrons. The second kappa shape index (κ2) is 5.65. The van der Waals surface area contributed by atoms with Crippen LogP contribution in [0.1, 0.15) is 27.1 Å². The van der Waals surface area contributed by atoms with E-state index < -0.39 is 0 Å². The van der Waals surface area contributed by atoms with Gasteiger partial charge in [-0.25, -0.2) is 0 Å². The van der Waals surface area contributed by atoms with Crippen LogP contribution in [0.15, 0.2) is 36.4 Å². The molecule has 1 aromatic carbocycles. The molecule has 2 rings (SSSR count). The minimum Gasteiger partial charge on any atom is -0.294 e. The van der Waals surface area contributed by atoms with Gasteiger partial charge in [0.25, 0.3) is 0 Å². The number of hydrogen-bond donors (Lipinski definition) is 0. The third-order valence-corrected chi connectivity index (χ3v) is 3.86. The van der Waals surface area contributed by atoms with Gasteiger partial charge >= 0.3 is 0 Å². The van der Waals surface area contributed by atoms with Crippen molar-refractivity contribution < 1.29 is 9.59 Å². The SMILES string of the molecule is O=C(CC(=O)c1cc(Cl)sc1Cl)c1ccccc1. The van der Waals surface area contributed by atoms with Crippen molar-refractivity contribution in [2.45, 2.75) is 6.42 Å². The zero-order valence-electron chi connectivity index (χ0n) is 9.15. The highest BCUT2D eigenvalue weighted by Crippen LogP contribution is 2.32. The van der Waals surface area contributed by atoms with E-state index in [4.69, 9.17) is 23.2 Å². The Hall–Kier alpha value is -1.16. The van der Waals surface area contributed by atoms with Crippen LogP contribution in [0, 0.1) is 0 Å². The lowest BCUT2D eigenvalue weighted by Gasteiger charge is -1.99. The Kier molecular flexibility index (Phi) is 4.17. The van der Waals surface area contributed by atoms with Gasteiger partial charge in [0.1, 0.15) is 4.34 Å². The lowest BCUT2D eigenvalue weighted by molar-refractivity contribution is 0.0894. The highest BCUT2D eigenvalue weighted by molar-refractivity contribution is 7.20. The fourth-order valence-corrected chi connectivity index (χ4v) is 3.00. The summed E-state index contributed by atoms with van der Waals surface area (Å²) in [5.41, 5.74) is 0.833. The molecule has 5 heteroatoms. The molecule has 0 spiro atoms. The van der Waals surface area contributed by atoms with Crippen LogP contribution in [0.25, 0.3) is 0 Å². The van der Waals surface area contributed by atoms with E-state index >= 15 is 0 Å². The summed E-state index contributed by atoms with van der Waals surface area (Å²) >= 11 is 12.8. The van der Waals surface area contributed by atoms with Crippen LogP contribution in [0.5, 0.6) is 0 Å². The lowest BCUT2D eigenvalue weighted by atomic mass is 10.0. The molecule has 0 amide bonds. The highest BCUT2D eigenvalue weighted by Gasteiger charge is 2.18. The number of ketones is 2. The van der Waals surface area contributed by atoms with Crippen LogP contribution in [-0.2, 0) is 0 Å². The molecule has 0 saturated heterocycles. The highest BCUT2D eigenvalue weighted by atomic mass is 35.5. The predicted octanol–water partition coefficient (Wildman–Crippen LogP) is 4.51. The van der Waals surface area contributed by atoms with E-state index in [9.17, 15) is 9.59 Å².